The molecule has 0 amide bonds. The van der Waals surface area contributed by atoms with Crippen molar-refractivity contribution in [2.75, 3.05) is 13.2 Å². The third-order valence-corrected chi connectivity index (χ3v) is 1.93. The van der Waals surface area contributed by atoms with Crippen LogP contribution >= 0.6 is 0 Å². The van der Waals surface area contributed by atoms with E-state index in [1.54, 1.807) is 13.0 Å². The number of ether oxygens (including phenoxy) is 1. The van der Waals surface area contributed by atoms with Crippen LogP contribution in [-0.4, -0.2) is 23.2 Å². The molecule has 5 nitrogen and oxygen atoms in total. The number of rotatable bonds is 5. The molecule has 0 aliphatic carbocycles. The van der Waals surface area contributed by atoms with Crippen molar-refractivity contribution < 1.29 is 14.8 Å². The van der Waals surface area contributed by atoms with Gasteiger partial charge < -0.3 is 9.84 Å². The lowest BCUT2D eigenvalue weighted by Crippen LogP contribution is -2.01. The van der Waals surface area contributed by atoms with Gasteiger partial charge in [-0.1, -0.05) is 0 Å². The topological polar surface area (TPSA) is 72.6 Å². The van der Waals surface area contributed by atoms with Crippen molar-refractivity contribution in [3.05, 3.63) is 33.9 Å². The lowest BCUT2D eigenvalue weighted by atomic mass is 10.2. The van der Waals surface area contributed by atoms with Crippen molar-refractivity contribution >= 4 is 5.69 Å². The molecule has 0 bridgehead atoms. The first-order valence-electron chi connectivity index (χ1n) is 4.64. The summed E-state index contributed by atoms with van der Waals surface area (Å²) in [7, 11) is 0. The second-order valence-electron chi connectivity index (χ2n) is 3.13. The SMILES string of the molecule is Cc1cc([N+](=O)[O-])ccc1OCCCO. The van der Waals surface area contributed by atoms with Crippen molar-refractivity contribution in [2.45, 2.75) is 13.3 Å². The molecule has 0 saturated heterocycles. The van der Waals surface area contributed by atoms with Crippen LogP contribution in [0.5, 0.6) is 5.75 Å². The minimum Gasteiger partial charge on any atom is -0.493 e. The second kappa shape index (κ2) is 5.31. The number of non-ortho nitro benzene ring substituents is 1. The van der Waals surface area contributed by atoms with Gasteiger partial charge in [0.25, 0.3) is 5.69 Å². The Morgan fingerprint density at radius 3 is 2.80 bits per heavy atom. The first-order chi connectivity index (χ1) is 7.15. The van der Waals surface area contributed by atoms with Gasteiger partial charge in [-0.15, -0.1) is 0 Å². The third-order valence-electron chi connectivity index (χ3n) is 1.93. The molecule has 0 spiro atoms. The number of benzene rings is 1. The zero-order chi connectivity index (χ0) is 11.3. The lowest BCUT2D eigenvalue weighted by Gasteiger charge is -2.07. The Kier molecular flexibility index (Phi) is 4.05. The van der Waals surface area contributed by atoms with Gasteiger partial charge in [-0.25, -0.2) is 0 Å². The van der Waals surface area contributed by atoms with Crippen LogP contribution in [0, 0.1) is 17.0 Å². The summed E-state index contributed by atoms with van der Waals surface area (Å²) in [6.45, 7) is 2.24. The van der Waals surface area contributed by atoms with Gasteiger partial charge in [0, 0.05) is 25.2 Å². The first kappa shape index (κ1) is 11.5. The molecule has 0 fully saturated rings. The van der Waals surface area contributed by atoms with Gasteiger partial charge in [-0.05, 0) is 18.6 Å². The Morgan fingerprint density at radius 1 is 1.53 bits per heavy atom. The van der Waals surface area contributed by atoms with Gasteiger partial charge in [0.1, 0.15) is 5.75 Å². The molecule has 0 aliphatic rings. The maximum atomic E-state index is 10.5. The maximum Gasteiger partial charge on any atom is 0.269 e. The fourth-order valence-corrected chi connectivity index (χ4v) is 1.16. The number of nitrogens with zero attached hydrogens (tertiary/aromatic N) is 1. The summed E-state index contributed by atoms with van der Waals surface area (Å²) in [5.41, 5.74) is 0.782. The summed E-state index contributed by atoms with van der Waals surface area (Å²) >= 11 is 0. The Hall–Kier alpha value is -1.62. The van der Waals surface area contributed by atoms with Gasteiger partial charge in [0.2, 0.25) is 0 Å². The van der Waals surface area contributed by atoms with Crippen LogP contribution in [0.4, 0.5) is 5.69 Å². The average Bonchev–Trinajstić information content (AvgIpc) is 2.20. The van der Waals surface area contributed by atoms with Crippen LogP contribution < -0.4 is 4.74 Å². The van der Waals surface area contributed by atoms with Crippen LogP contribution in [0.25, 0.3) is 0 Å². The summed E-state index contributed by atoms with van der Waals surface area (Å²) < 4.78 is 5.33. The molecule has 15 heavy (non-hydrogen) atoms. The van der Waals surface area contributed by atoms with Crippen molar-refractivity contribution in [3.8, 4) is 5.75 Å². The van der Waals surface area contributed by atoms with Gasteiger partial charge in [0.15, 0.2) is 0 Å². The molecule has 0 unspecified atom stereocenters. The van der Waals surface area contributed by atoms with Crippen LogP contribution in [0.1, 0.15) is 12.0 Å². The minimum absolute atomic E-state index is 0.0574. The Balaban J connectivity index is 2.70. The van der Waals surface area contributed by atoms with Crippen LogP contribution in [-0.2, 0) is 0 Å². The van der Waals surface area contributed by atoms with E-state index in [0.29, 0.717) is 18.8 Å². The second-order valence-corrected chi connectivity index (χ2v) is 3.13. The molecule has 82 valence electrons. The Bertz CT molecular complexity index is 351. The van der Waals surface area contributed by atoms with E-state index >= 15 is 0 Å². The molecule has 0 atom stereocenters. The summed E-state index contributed by atoms with van der Waals surface area (Å²) in [5.74, 6) is 0.619. The standard InChI is InChI=1S/C10H13NO4/c1-8-7-9(11(13)14)3-4-10(8)15-6-2-5-12/h3-4,7,12H,2,5-6H2,1H3. The largest absolute Gasteiger partial charge is 0.493 e. The van der Waals surface area contributed by atoms with Gasteiger partial charge in [-0.3, -0.25) is 10.1 Å². The zero-order valence-electron chi connectivity index (χ0n) is 8.47. The molecule has 0 aliphatic heterocycles. The molecule has 1 aromatic carbocycles. The van der Waals surface area contributed by atoms with Crippen molar-refractivity contribution in [1.82, 2.24) is 0 Å². The summed E-state index contributed by atoms with van der Waals surface area (Å²) in [5, 5.41) is 19.0. The van der Waals surface area contributed by atoms with E-state index < -0.39 is 4.92 Å². The number of aliphatic hydroxyl groups is 1. The molecule has 0 heterocycles. The number of hydrogen-bond donors (Lipinski definition) is 1. The maximum absolute atomic E-state index is 10.5. The molecule has 1 N–H and O–H groups in total. The van der Waals surface area contributed by atoms with Crippen molar-refractivity contribution in [3.63, 3.8) is 0 Å². The summed E-state index contributed by atoms with van der Waals surface area (Å²) in [6.07, 6.45) is 0.552. The summed E-state index contributed by atoms with van der Waals surface area (Å²) in [4.78, 5) is 10.0. The molecule has 0 radical (unpaired) electrons. The highest BCUT2D eigenvalue weighted by molar-refractivity contribution is 5.42. The molecule has 0 aromatic heterocycles. The molecular weight excluding hydrogens is 198 g/mol. The van der Waals surface area contributed by atoms with Crippen LogP contribution in [0.15, 0.2) is 18.2 Å². The quantitative estimate of drug-likeness (QED) is 0.456. The summed E-state index contributed by atoms with van der Waals surface area (Å²) in [6, 6.07) is 4.44. The Labute approximate surface area is 87.5 Å². The molecule has 0 saturated carbocycles. The van der Waals surface area contributed by atoms with Gasteiger partial charge >= 0.3 is 0 Å². The zero-order valence-corrected chi connectivity index (χ0v) is 8.47. The van der Waals surface area contributed by atoms with E-state index in [9.17, 15) is 10.1 Å². The van der Waals surface area contributed by atoms with Crippen LogP contribution in [0.2, 0.25) is 0 Å². The predicted molar refractivity (Wildman–Crippen MR) is 55.0 cm³/mol. The lowest BCUT2D eigenvalue weighted by molar-refractivity contribution is -0.384. The highest BCUT2D eigenvalue weighted by Gasteiger charge is 2.08. The van der Waals surface area contributed by atoms with Crippen LogP contribution in [0.3, 0.4) is 0 Å². The van der Waals surface area contributed by atoms with E-state index in [0.717, 1.165) is 5.56 Å². The minimum atomic E-state index is -0.440. The monoisotopic (exact) mass is 211 g/mol. The number of nitro benzene ring substituents is 1. The number of nitro groups is 1. The van der Waals surface area contributed by atoms with E-state index in [1.807, 2.05) is 0 Å². The smallest absolute Gasteiger partial charge is 0.269 e. The third kappa shape index (κ3) is 3.21. The molecule has 1 rings (SSSR count). The highest BCUT2D eigenvalue weighted by atomic mass is 16.6. The number of aryl methyl sites for hydroxylation is 1. The van der Waals surface area contributed by atoms with Crippen molar-refractivity contribution in [1.29, 1.82) is 0 Å². The molecule has 5 heteroatoms. The van der Waals surface area contributed by atoms with E-state index in [-0.39, 0.29) is 12.3 Å². The highest BCUT2D eigenvalue weighted by Crippen LogP contribution is 2.23. The van der Waals surface area contributed by atoms with E-state index in [4.69, 9.17) is 9.84 Å². The first-order valence-corrected chi connectivity index (χ1v) is 4.64. The Morgan fingerprint density at radius 2 is 2.27 bits per heavy atom. The van der Waals surface area contributed by atoms with Gasteiger partial charge in [-0.2, -0.15) is 0 Å². The number of aliphatic hydroxyl groups excluding tert-OH is 1. The molecular formula is C10H13NO4. The fraction of sp³-hybridized carbons (Fsp3) is 0.400. The average molecular weight is 211 g/mol. The normalized spacial score (nSPS) is 10.0. The van der Waals surface area contributed by atoms with Crippen molar-refractivity contribution in [2.24, 2.45) is 0 Å². The van der Waals surface area contributed by atoms with Gasteiger partial charge in [0.05, 0.1) is 11.5 Å². The van der Waals surface area contributed by atoms with E-state index in [1.165, 1.54) is 12.1 Å². The fourth-order valence-electron chi connectivity index (χ4n) is 1.16. The predicted octanol–water partition coefficient (Wildman–Crippen LogP) is 1.66. The molecule has 1 aromatic rings. The number of hydrogen-bond acceptors (Lipinski definition) is 4. The van der Waals surface area contributed by atoms with E-state index in [2.05, 4.69) is 0 Å².